The summed E-state index contributed by atoms with van der Waals surface area (Å²) in [6.45, 7) is 1.69. The molecule has 0 fully saturated rings. The number of carbonyl (C=O) groups excluding carboxylic acids is 1. The van der Waals surface area contributed by atoms with Gasteiger partial charge < -0.3 is 14.8 Å². The summed E-state index contributed by atoms with van der Waals surface area (Å²) in [5.41, 5.74) is 2.09. The van der Waals surface area contributed by atoms with Crippen LogP contribution in [0.1, 0.15) is 11.1 Å². The molecule has 0 aliphatic carbocycles. The molecule has 7 nitrogen and oxygen atoms in total. The van der Waals surface area contributed by atoms with Crippen LogP contribution in [0.5, 0.6) is 11.5 Å². The number of hydrogen-bond donors (Lipinski definition) is 1. The summed E-state index contributed by atoms with van der Waals surface area (Å²) in [7, 11) is -1.36. The summed E-state index contributed by atoms with van der Waals surface area (Å²) in [4.78, 5) is 12.6. The molecule has 0 heterocycles. The molecule has 174 valence electrons. The first-order chi connectivity index (χ1) is 15.7. The standard InChI is InChI=1S/C24H25FN2O5S/c1-17-5-4-6-18(13-17)15-26-24(28)16-27(20-9-7-19(25)8-10-20)33(29,30)21-11-12-22(31-2)23(14-21)32-3/h4-14H,15-16H2,1-3H3,(H,26,28). The van der Waals surface area contributed by atoms with Crippen LogP contribution in [0.15, 0.2) is 71.6 Å². The van der Waals surface area contributed by atoms with Crippen LogP contribution in [0.25, 0.3) is 0 Å². The molecule has 9 heteroatoms. The molecule has 1 N–H and O–H groups in total. The van der Waals surface area contributed by atoms with Gasteiger partial charge >= 0.3 is 0 Å². The molecule has 0 saturated heterocycles. The van der Waals surface area contributed by atoms with Gasteiger partial charge in [-0.2, -0.15) is 0 Å². The first-order valence-electron chi connectivity index (χ1n) is 10.1. The number of methoxy groups -OCH3 is 2. The largest absolute Gasteiger partial charge is 0.493 e. The fourth-order valence-electron chi connectivity index (χ4n) is 3.24. The highest BCUT2D eigenvalue weighted by Gasteiger charge is 2.28. The van der Waals surface area contributed by atoms with E-state index in [0.717, 1.165) is 27.6 Å². The Labute approximate surface area is 192 Å². The number of benzene rings is 3. The zero-order chi connectivity index (χ0) is 24.0. The highest BCUT2D eigenvalue weighted by Crippen LogP contribution is 2.32. The second kappa shape index (κ2) is 10.4. The Balaban J connectivity index is 1.91. The fourth-order valence-corrected chi connectivity index (χ4v) is 4.67. The van der Waals surface area contributed by atoms with Crippen molar-refractivity contribution in [3.8, 4) is 11.5 Å². The van der Waals surface area contributed by atoms with Gasteiger partial charge in [0.1, 0.15) is 12.4 Å². The zero-order valence-electron chi connectivity index (χ0n) is 18.5. The second-order valence-electron chi connectivity index (χ2n) is 7.27. The lowest BCUT2D eigenvalue weighted by Gasteiger charge is -2.24. The maximum Gasteiger partial charge on any atom is 0.264 e. The molecule has 0 aliphatic rings. The van der Waals surface area contributed by atoms with Crippen molar-refractivity contribution in [2.75, 3.05) is 25.1 Å². The molecule has 0 radical (unpaired) electrons. The average Bonchev–Trinajstić information content (AvgIpc) is 2.81. The van der Waals surface area contributed by atoms with Gasteiger partial charge in [0.25, 0.3) is 10.0 Å². The normalized spacial score (nSPS) is 11.0. The highest BCUT2D eigenvalue weighted by molar-refractivity contribution is 7.92. The van der Waals surface area contributed by atoms with Gasteiger partial charge in [0.2, 0.25) is 5.91 Å². The summed E-state index contributed by atoms with van der Waals surface area (Å²) in [6, 6.07) is 16.6. The van der Waals surface area contributed by atoms with E-state index in [1.807, 2.05) is 31.2 Å². The van der Waals surface area contributed by atoms with Crippen molar-refractivity contribution in [3.05, 3.63) is 83.7 Å². The summed E-state index contributed by atoms with van der Waals surface area (Å²) >= 11 is 0. The van der Waals surface area contributed by atoms with Gasteiger partial charge in [0.15, 0.2) is 11.5 Å². The summed E-state index contributed by atoms with van der Waals surface area (Å²) < 4.78 is 51.8. The maximum absolute atomic E-state index is 13.5. The van der Waals surface area contributed by atoms with Crippen LogP contribution in [0.4, 0.5) is 10.1 Å². The molecule has 0 bridgehead atoms. The minimum absolute atomic E-state index is 0.101. The summed E-state index contributed by atoms with van der Waals surface area (Å²) in [5.74, 6) is -0.446. The van der Waals surface area contributed by atoms with Crippen molar-refractivity contribution < 1.29 is 27.1 Å². The number of amides is 1. The molecular formula is C24H25FN2O5S. The number of anilines is 1. The lowest BCUT2D eigenvalue weighted by atomic mass is 10.1. The minimum atomic E-state index is -4.19. The van der Waals surface area contributed by atoms with Crippen molar-refractivity contribution in [1.82, 2.24) is 5.32 Å². The monoisotopic (exact) mass is 472 g/mol. The number of nitrogens with zero attached hydrogens (tertiary/aromatic N) is 1. The third-order valence-corrected chi connectivity index (χ3v) is 6.69. The molecule has 3 rings (SSSR count). The van der Waals surface area contributed by atoms with Crippen molar-refractivity contribution in [1.29, 1.82) is 0 Å². The Hall–Kier alpha value is -3.59. The molecule has 0 saturated carbocycles. The van der Waals surface area contributed by atoms with Crippen LogP contribution < -0.4 is 19.1 Å². The first kappa shape index (κ1) is 24.1. The molecule has 33 heavy (non-hydrogen) atoms. The fraction of sp³-hybridized carbons (Fsp3) is 0.208. The third-order valence-electron chi connectivity index (χ3n) is 4.92. The lowest BCUT2D eigenvalue weighted by Crippen LogP contribution is -2.40. The van der Waals surface area contributed by atoms with E-state index in [0.29, 0.717) is 5.75 Å². The number of hydrogen-bond acceptors (Lipinski definition) is 5. The Morgan fingerprint density at radius 1 is 0.970 bits per heavy atom. The van der Waals surface area contributed by atoms with Gasteiger partial charge in [-0.15, -0.1) is 0 Å². The Morgan fingerprint density at radius 2 is 1.67 bits per heavy atom. The van der Waals surface area contributed by atoms with Gasteiger partial charge in [-0.05, 0) is 48.9 Å². The van der Waals surface area contributed by atoms with Crippen LogP contribution >= 0.6 is 0 Å². The summed E-state index contributed by atoms with van der Waals surface area (Å²) in [6.07, 6.45) is 0. The van der Waals surface area contributed by atoms with Gasteiger partial charge in [0, 0.05) is 12.6 Å². The maximum atomic E-state index is 13.5. The molecule has 0 aromatic heterocycles. The number of halogens is 1. The van der Waals surface area contributed by atoms with Crippen LogP contribution in [0.3, 0.4) is 0 Å². The summed E-state index contributed by atoms with van der Waals surface area (Å²) in [5, 5.41) is 2.74. The van der Waals surface area contributed by atoms with Gasteiger partial charge in [0.05, 0.1) is 24.8 Å². The molecule has 0 aliphatic heterocycles. The van der Waals surface area contributed by atoms with Crippen LogP contribution in [0, 0.1) is 12.7 Å². The molecule has 1 amide bonds. The first-order valence-corrected chi connectivity index (χ1v) is 11.5. The number of nitrogens with one attached hydrogen (secondary N) is 1. The van der Waals surface area contributed by atoms with Crippen molar-refractivity contribution >= 4 is 21.6 Å². The average molecular weight is 473 g/mol. The van der Waals surface area contributed by atoms with E-state index in [-0.39, 0.29) is 22.9 Å². The number of ether oxygens (including phenoxy) is 2. The van der Waals surface area contributed by atoms with Crippen molar-refractivity contribution in [2.24, 2.45) is 0 Å². The topological polar surface area (TPSA) is 84.9 Å². The zero-order valence-corrected chi connectivity index (χ0v) is 19.4. The van der Waals surface area contributed by atoms with E-state index in [2.05, 4.69) is 5.32 Å². The number of rotatable bonds is 9. The molecule has 0 unspecified atom stereocenters. The Kier molecular flexibility index (Phi) is 7.55. The van der Waals surface area contributed by atoms with Crippen molar-refractivity contribution in [2.45, 2.75) is 18.4 Å². The second-order valence-corrected chi connectivity index (χ2v) is 9.13. The number of sulfonamides is 1. The predicted octanol–water partition coefficient (Wildman–Crippen LogP) is 3.66. The van der Waals surface area contributed by atoms with Crippen LogP contribution in [0.2, 0.25) is 0 Å². The lowest BCUT2D eigenvalue weighted by molar-refractivity contribution is -0.119. The molecule has 3 aromatic rings. The molecule has 3 aromatic carbocycles. The van der Waals surface area contributed by atoms with Gasteiger partial charge in [-0.25, -0.2) is 12.8 Å². The van der Waals surface area contributed by atoms with Gasteiger partial charge in [-0.3, -0.25) is 9.10 Å². The minimum Gasteiger partial charge on any atom is -0.493 e. The smallest absolute Gasteiger partial charge is 0.264 e. The van der Waals surface area contributed by atoms with Crippen LogP contribution in [-0.2, 0) is 21.4 Å². The van der Waals surface area contributed by atoms with E-state index in [9.17, 15) is 17.6 Å². The number of carbonyl (C=O) groups is 1. The predicted molar refractivity (Wildman–Crippen MR) is 124 cm³/mol. The van der Waals surface area contributed by atoms with Gasteiger partial charge in [-0.1, -0.05) is 29.8 Å². The molecular weight excluding hydrogens is 447 g/mol. The Bertz CT molecular complexity index is 1230. The quantitative estimate of drug-likeness (QED) is 0.514. The highest BCUT2D eigenvalue weighted by atomic mass is 32.2. The SMILES string of the molecule is COc1ccc(S(=O)(=O)N(CC(=O)NCc2cccc(C)c2)c2ccc(F)cc2)cc1OC. The third kappa shape index (κ3) is 5.81. The van der Waals surface area contributed by atoms with E-state index in [1.54, 1.807) is 0 Å². The van der Waals surface area contributed by atoms with E-state index in [4.69, 9.17) is 9.47 Å². The van der Waals surface area contributed by atoms with Crippen molar-refractivity contribution in [3.63, 3.8) is 0 Å². The number of aryl methyl sites for hydroxylation is 1. The molecule has 0 atom stereocenters. The van der Waals surface area contributed by atoms with Crippen LogP contribution in [-0.4, -0.2) is 35.1 Å². The van der Waals surface area contributed by atoms with E-state index < -0.39 is 28.3 Å². The molecule has 0 spiro atoms. The van der Waals surface area contributed by atoms with E-state index >= 15 is 0 Å². The Morgan fingerprint density at radius 3 is 2.30 bits per heavy atom. The van der Waals surface area contributed by atoms with E-state index in [1.165, 1.54) is 44.6 Å².